The number of rotatable bonds is 8. The number of halogens is 1. The maximum atomic E-state index is 12.7. The summed E-state index contributed by atoms with van der Waals surface area (Å²) in [6.07, 6.45) is 4.03. The normalized spacial score (nSPS) is 10.6. The molecule has 172 valence electrons. The van der Waals surface area contributed by atoms with Gasteiger partial charge in [-0.2, -0.15) is 5.10 Å². The molecule has 3 N–H and O–H groups in total. The number of fused-ring (bicyclic) bond motifs is 1. The third-order valence-corrected chi connectivity index (χ3v) is 4.97. The average molecular weight is 471 g/mol. The Kier molecular flexibility index (Phi) is 8.09. The molecule has 0 radical (unpaired) electrons. The van der Waals surface area contributed by atoms with Crippen molar-refractivity contribution in [1.29, 1.82) is 0 Å². The Labute approximate surface area is 194 Å². The second-order valence-electron chi connectivity index (χ2n) is 7.17. The molecule has 0 atom stereocenters. The quantitative estimate of drug-likeness (QED) is 0.339. The molecule has 3 amide bonds. The molecule has 11 heteroatoms. The van der Waals surface area contributed by atoms with Crippen LogP contribution in [0.15, 0.2) is 47.4 Å². The summed E-state index contributed by atoms with van der Waals surface area (Å²) in [6, 6.07) is 9.54. The van der Waals surface area contributed by atoms with Crippen molar-refractivity contribution in [3.63, 3.8) is 0 Å². The first-order valence-corrected chi connectivity index (χ1v) is 10.8. The van der Waals surface area contributed by atoms with Gasteiger partial charge in [-0.3, -0.25) is 35.0 Å². The Morgan fingerprint density at radius 2 is 1.79 bits per heavy atom. The van der Waals surface area contributed by atoms with E-state index < -0.39 is 24.3 Å². The van der Waals surface area contributed by atoms with Crippen molar-refractivity contribution in [2.75, 3.05) is 6.54 Å². The maximum Gasteiger partial charge on any atom is 0.290 e. The van der Waals surface area contributed by atoms with Crippen LogP contribution in [0.2, 0.25) is 5.02 Å². The SMILES string of the molecule is CCCCCn1nc(C(=O)NNC(=O)CNC(=O)c2cc(Cl)ccn2)c2ccccc2c1=O. The number of hydrogen-bond acceptors (Lipinski definition) is 6. The predicted molar refractivity (Wildman–Crippen MR) is 123 cm³/mol. The van der Waals surface area contributed by atoms with Crippen molar-refractivity contribution < 1.29 is 14.4 Å². The Morgan fingerprint density at radius 3 is 2.52 bits per heavy atom. The van der Waals surface area contributed by atoms with Gasteiger partial charge >= 0.3 is 0 Å². The highest BCUT2D eigenvalue weighted by Crippen LogP contribution is 2.13. The molecule has 0 spiro atoms. The minimum atomic E-state index is -0.688. The van der Waals surface area contributed by atoms with Gasteiger partial charge in [-0.05, 0) is 24.6 Å². The molecule has 33 heavy (non-hydrogen) atoms. The maximum absolute atomic E-state index is 12.7. The first-order chi connectivity index (χ1) is 15.9. The van der Waals surface area contributed by atoms with Crippen LogP contribution in [-0.4, -0.2) is 39.0 Å². The predicted octanol–water partition coefficient (Wildman–Crippen LogP) is 1.83. The molecule has 0 aliphatic carbocycles. The fourth-order valence-electron chi connectivity index (χ4n) is 3.08. The third kappa shape index (κ3) is 6.13. The number of aromatic nitrogens is 3. The number of nitrogens with one attached hydrogen (secondary N) is 3. The van der Waals surface area contributed by atoms with E-state index in [-0.39, 0.29) is 16.9 Å². The van der Waals surface area contributed by atoms with Crippen LogP contribution in [0.25, 0.3) is 10.8 Å². The lowest BCUT2D eigenvalue weighted by atomic mass is 10.1. The number of benzene rings is 1. The molecule has 3 aromatic rings. The molecule has 0 bridgehead atoms. The van der Waals surface area contributed by atoms with E-state index >= 15 is 0 Å². The minimum Gasteiger partial charge on any atom is -0.342 e. The number of carbonyl (C=O) groups is 3. The number of aryl methyl sites for hydroxylation is 1. The minimum absolute atomic E-state index is 0.00848. The molecule has 2 heterocycles. The Balaban J connectivity index is 1.66. The lowest BCUT2D eigenvalue weighted by molar-refractivity contribution is -0.120. The molecule has 0 aliphatic heterocycles. The van der Waals surface area contributed by atoms with Gasteiger partial charge in [-0.1, -0.05) is 49.6 Å². The van der Waals surface area contributed by atoms with E-state index in [2.05, 4.69) is 26.3 Å². The lowest BCUT2D eigenvalue weighted by Gasteiger charge is -2.12. The van der Waals surface area contributed by atoms with Gasteiger partial charge in [0.25, 0.3) is 23.3 Å². The van der Waals surface area contributed by atoms with Crippen LogP contribution >= 0.6 is 11.6 Å². The van der Waals surface area contributed by atoms with E-state index in [4.69, 9.17) is 11.6 Å². The molecular formula is C22H23ClN6O4. The molecule has 0 unspecified atom stereocenters. The molecule has 0 fully saturated rings. The van der Waals surface area contributed by atoms with E-state index in [0.29, 0.717) is 22.3 Å². The molecule has 1 aromatic carbocycles. The van der Waals surface area contributed by atoms with Crippen molar-refractivity contribution in [3.05, 3.63) is 69.4 Å². The summed E-state index contributed by atoms with van der Waals surface area (Å²) < 4.78 is 1.27. The number of pyridine rings is 1. The van der Waals surface area contributed by atoms with Crippen molar-refractivity contribution in [2.45, 2.75) is 32.7 Å². The number of hydrogen-bond donors (Lipinski definition) is 3. The van der Waals surface area contributed by atoms with Gasteiger partial charge in [0.1, 0.15) is 5.69 Å². The van der Waals surface area contributed by atoms with Crippen LogP contribution in [0.3, 0.4) is 0 Å². The van der Waals surface area contributed by atoms with Crippen molar-refractivity contribution in [3.8, 4) is 0 Å². The third-order valence-electron chi connectivity index (χ3n) is 4.74. The number of amides is 3. The van der Waals surface area contributed by atoms with Crippen molar-refractivity contribution >= 4 is 40.1 Å². The van der Waals surface area contributed by atoms with Gasteiger partial charge in [-0.15, -0.1) is 0 Å². The van der Waals surface area contributed by atoms with Crippen LogP contribution in [0.4, 0.5) is 0 Å². The summed E-state index contributed by atoms with van der Waals surface area (Å²) in [5.41, 5.74) is 4.28. The zero-order valence-corrected chi connectivity index (χ0v) is 18.7. The number of unbranched alkanes of at least 4 members (excludes halogenated alkanes) is 2. The van der Waals surface area contributed by atoms with E-state index in [0.717, 1.165) is 19.3 Å². The van der Waals surface area contributed by atoms with Gasteiger partial charge in [0.05, 0.1) is 11.9 Å². The summed E-state index contributed by atoms with van der Waals surface area (Å²) in [4.78, 5) is 53.4. The van der Waals surface area contributed by atoms with E-state index in [9.17, 15) is 19.2 Å². The van der Waals surface area contributed by atoms with E-state index in [1.807, 2.05) is 6.92 Å². The molecule has 10 nitrogen and oxygen atoms in total. The molecule has 0 aliphatic rings. The molecule has 0 saturated heterocycles. The second kappa shape index (κ2) is 11.2. The Morgan fingerprint density at radius 1 is 1.03 bits per heavy atom. The van der Waals surface area contributed by atoms with E-state index in [1.54, 1.807) is 24.3 Å². The van der Waals surface area contributed by atoms with Gasteiger partial charge in [0.15, 0.2) is 5.69 Å². The largest absolute Gasteiger partial charge is 0.342 e. The zero-order valence-electron chi connectivity index (χ0n) is 17.9. The number of nitrogens with zero attached hydrogens (tertiary/aromatic N) is 3. The van der Waals surface area contributed by atoms with Crippen molar-refractivity contribution in [1.82, 2.24) is 30.9 Å². The summed E-state index contributed by atoms with van der Waals surface area (Å²) in [6.45, 7) is 2.03. The van der Waals surface area contributed by atoms with Gasteiger partial charge < -0.3 is 5.32 Å². The van der Waals surface area contributed by atoms with Crippen LogP contribution in [0, 0.1) is 0 Å². The fourth-order valence-corrected chi connectivity index (χ4v) is 3.24. The highest BCUT2D eigenvalue weighted by molar-refractivity contribution is 6.30. The fraction of sp³-hybridized carbons (Fsp3) is 0.273. The molecular weight excluding hydrogens is 448 g/mol. The topological polar surface area (TPSA) is 135 Å². The molecule has 0 saturated carbocycles. The van der Waals surface area contributed by atoms with Crippen LogP contribution < -0.4 is 21.7 Å². The smallest absolute Gasteiger partial charge is 0.290 e. The Hall–Kier alpha value is -3.79. The van der Waals surface area contributed by atoms with Gasteiger partial charge in [0.2, 0.25) is 0 Å². The van der Waals surface area contributed by atoms with E-state index in [1.165, 1.54) is 23.0 Å². The average Bonchev–Trinajstić information content (AvgIpc) is 2.82. The first-order valence-electron chi connectivity index (χ1n) is 10.4. The monoisotopic (exact) mass is 470 g/mol. The van der Waals surface area contributed by atoms with Gasteiger partial charge in [0, 0.05) is 23.2 Å². The number of carbonyl (C=O) groups excluding carboxylic acids is 3. The lowest BCUT2D eigenvalue weighted by Crippen LogP contribution is -2.47. The number of hydrazine groups is 1. The highest BCUT2D eigenvalue weighted by Gasteiger charge is 2.17. The first kappa shape index (κ1) is 23.9. The van der Waals surface area contributed by atoms with Crippen LogP contribution in [-0.2, 0) is 11.3 Å². The second-order valence-corrected chi connectivity index (χ2v) is 7.61. The summed E-state index contributed by atoms with van der Waals surface area (Å²) >= 11 is 5.82. The molecule has 3 rings (SSSR count). The van der Waals surface area contributed by atoms with Crippen LogP contribution in [0.5, 0.6) is 0 Å². The Bertz CT molecular complexity index is 1240. The van der Waals surface area contributed by atoms with Crippen LogP contribution in [0.1, 0.15) is 47.2 Å². The molecule has 2 aromatic heterocycles. The summed E-state index contributed by atoms with van der Waals surface area (Å²) in [7, 11) is 0. The highest BCUT2D eigenvalue weighted by atomic mass is 35.5. The summed E-state index contributed by atoms with van der Waals surface area (Å²) in [5, 5.41) is 7.68. The summed E-state index contributed by atoms with van der Waals surface area (Å²) in [5.74, 6) is -1.95. The standard InChI is InChI=1S/C22H23ClN6O4/c1-2-3-6-11-29-22(33)16-8-5-4-7-15(16)19(28-29)21(32)27-26-18(30)13-25-20(31)17-12-14(23)9-10-24-17/h4-5,7-10,12H,2-3,6,11,13H2,1H3,(H,25,31)(H,26,30)(H,27,32). The van der Waals surface area contributed by atoms with Crippen molar-refractivity contribution in [2.24, 2.45) is 0 Å². The van der Waals surface area contributed by atoms with Gasteiger partial charge in [-0.25, -0.2) is 4.68 Å². The zero-order chi connectivity index (χ0) is 23.8.